The minimum absolute atomic E-state index is 0.130. The molecule has 1 unspecified atom stereocenters. The first-order valence-corrected chi connectivity index (χ1v) is 5.72. The zero-order valence-electron chi connectivity index (χ0n) is 10.8. The molecule has 0 aliphatic rings. The highest BCUT2D eigenvalue weighted by Gasteiger charge is 2.11. The molecule has 88 valence electrons. The van der Waals surface area contributed by atoms with Crippen molar-refractivity contribution in [3.8, 4) is 6.07 Å². The van der Waals surface area contributed by atoms with Crippen LogP contribution in [-0.2, 0) is 0 Å². The van der Waals surface area contributed by atoms with Crippen LogP contribution in [0.15, 0.2) is 0 Å². The van der Waals surface area contributed by atoms with Gasteiger partial charge in [-0.2, -0.15) is 5.26 Å². The Hall–Kier alpha value is -0.590. The minimum Gasteiger partial charge on any atom is -0.308 e. The molecule has 0 N–H and O–H groups in total. The molecule has 15 heavy (non-hydrogen) atoms. The van der Waals surface area contributed by atoms with E-state index in [0.29, 0.717) is 5.92 Å². The fourth-order valence-corrected chi connectivity index (χ4v) is 1.54. The molecule has 0 heterocycles. The van der Waals surface area contributed by atoms with Crippen LogP contribution >= 0.6 is 0 Å². The molecule has 0 aromatic rings. The van der Waals surface area contributed by atoms with Gasteiger partial charge in [0.15, 0.2) is 0 Å². The van der Waals surface area contributed by atoms with Crippen molar-refractivity contribution in [3.05, 3.63) is 0 Å². The van der Waals surface area contributed by atoms with Gasteiger partial charge in [-0.1, -0.05) is 13.8 Å². The Labute approximate surface area is 94.7 Å². The molecule has 0 radical (unpaired) electrons. The smallest absolute Gasteiger partial charge is 0.0666 e. The second-order valence-corrected chi connectivity index (χ2v) is 4.99. The molecule has 0 spiro atoms. The first-order chi connectivity index (χ1) is 6.95. The highest BCUT2D eigenvalue weighted by atomic mass is 15.2. The largest absolute Gasteiger partial charge is 0.308 e. The Morgan fingerprint density at radius 2 is 1.67 bits per heavy atom. The van der Waals surface area contributed by atoms with Crippen molar-refractivity contribution >= 4 is 0 Å². The fourth-order valence-electron chi connectivity index (χ4n) is 1.54. The minimum atomic E-state index is 0.130. The molecule has 3 heteroatoms. The van der Waals surface area contributed by atoms with E-state index in [1.807, 2.05) is 6.92 Å². The zero-order valence-corrected chi connectivity index (χ0v) is 10.8. The van der Waals surface area contributed by atoms with E-state index >= 15 is 0 Å². The predicted molar refractivity (Wildman–Crippen MR) is 64.6 cm³/mol. The van der Waals surface area contributed by atoms with Crippen molar-refractivity contribution in [2.75, 3.05) is 40.3 Å². The summed E-state index contributed by atoms with van der Waals surface area (Å²) in [5.41, 5.74) is 0. The van der Waals surface area contributed by atoms with Gasteiger partial charge in [-0.15, -0.1) is 0 Å². The monoisotopic (exact) mass is 211 g/mol. The molecule has 0 aliphatic heterocycles. The van der Waals surface area contributed by atoms with Crippen LogP contribution < -0.4 is 0 Å². The van der Waals surface area contributed by atoms with Gasteiger partial charge in [-0.05, 0) is 26.9 Å². The van der Waals surface area contributed by atoms with Crippen LogP contribution in [-0.4, -0.2) is 50.1 Å². The second kappa shape index (κ2) is 7.67. The van der Waals surface area contributed by atoms with Crippen LogP contribution in [0.2, 0.25) is 0 Å². The Morgan fingerprint density at radius 1 is 1.07 bits per heavy atom. The zero-order chi connectivity index (χ0) is 11.8. The summed E-state index contributed by atoms with van der Waals surface area (Å²) < 4.78 is 0. The fraction of sp³-hybridized carbons (Fsp3) is 0.917. The highest BCUT2D eigenvalue weighted by Crippen LogP contribution is 2.03. The normalized spacial score (nSPS) is 13.5. The summed E-state index contributed by atoms with van der Waals surface area (Å²) in [7, 11) is 4.17. The summed E-state index contributed by atoms with van der Waals surface area (Å²) in [6.45, 7) is 10.5. The van der Waals surface area contributed by atoms with Gasteiger partial charge in [0.1, 0.15) is 0 Å². The maximum absolute atomic E-state index is 8.81. The Morgan fingerprint density at radius 3 is 2.07 bits per heavy atom. The lowest BCUT2D eigenvalue weighted by molar-refractivity contribution is 0.206. The van der Waals surface area contributed by atoms with Crippen molar-refractivity contribution < 1.29 is 0 Å². The van der Waals surface area contributed by atoms with Crippen LogP contribution in [0.3, 0.4) is 0 Å². The van der Waals surface area contributed by atoms with Crippen LogP contribution in [0.1, 0.15) is 20.8 Å². The predicted octanol–water partition coefficient (Wildman–Crippen LogP) is 1.67. The van der Waals surface area contributed by atoms with Gasteiger partial charge in [0, 0.05) is 26.2 Å². The highest BCUT2D eigenvalue weighted by molar-refractivity contribution is 4.81. The van der Waals surface area contributed by atoms with Gasteiger partial charge in [0.2, 0.25) is 0 Å². The van der Waals surface area contributed by atoms with Crippen molar-refractivity contribution in [3.63, 3.8) is 0 Å². The van der Waals surface area contributed by atoms with E-state index < -0.39 is 0 Å². The first-order valence-electron chi connectivity index (χ1n) is 5.72. The number of likely N-dealkylation sites (N-methyl/N-ethyl adjacent to an activating group) is 1. The van der Waals surface area contributed by atoms with E-state index in [9.17, 15) is 0 Å². The lowest BCUT2D eigenvalue weighted by Crippen LogP contribution is -2.36. The van der Waals surface area contributed by atoms with Crippen LogP contribution in [0, 0.1) is 23.2 Å². The molecule has 0 aromatic heterocycles. The van der Waals surface area contributed by atoms with E-state index in [2.05, 4.69) is 43.8 Å². The van der Waals surface area contributed by atoms with Crippen molar-refractivity contribution in [1.29, 1.82) is 5.26 Å². The molecule has 0 amide bonds. The first kappa shape index (κ1) is 14.4. The summed E-state index contributed by atoms with van der Waals surface area (Å²) in [5, 5.41) is 8.81. The molecule has 0 rings (SSSR count). The maximum Gasteiger partial charge on any atom is 0.0666 e. The topological polar surface area (TPSA) is 30.3 Å². The maximum atomic E-state index is 8.81. The van der Waals surface area contributed by atoms with Gasteiger partial charge in [-0.25, -0.2) is 0 Å². The molecule has 1 atom stereocenters. The van der Waals surface area contributed by atoms with E-state index in [4.69, 9.17) is 5.26 Å². The molecule has 3 nitrogen and oxygen atoms in total. The van der Waals surface area contributed by atoms with Crippen molar-refractivity contribution in [2.24, 2.45) is 11.8 Å². The number of nitriles is 1. The van der Waals surface area contributed by atoms with Crippen LogP contribution in [0.4, 0.5) is 0 Å². The summed E-state index contributed by atoms with van der Waals surface area (Å²) >= 11 is 0. The number of hydrogen-bond donors (Lipinski definition) is 0. The Bertz CT molecular complexity index is 194. The van der Waals surface area contributed by atoms with E-state index in [1.165, 1.54) is 0 Å². The third-order valence-corrected chi connectivity index (χ3v) is 2.24. The molecule has 0 fully saturated rings. The third-order valence-electron chi connectivity index (χ3n) is 2.24. The van der Waals surface area contributed by atoms with E-state index in [0.717, 1.165) is 26.2 Å². The van der Waals surface area contributed by atoms with E-state index in [1.54, 1.807) is 0 Å². The molecule has 0 saturated carbocycles. The molecule has 0 saturated heterocycles. The second-order valence-electron chi connectivity index (χ2n) is 4.99. The molecule has 0 aliphatic carbocycles. The average Bonchev–Trinajstić information content (AvgIpc) is 2.13. The molecule has 0 aromatic carbocycles. The third kappa shape index (κ3) is 8.41. The lowest BCUT2D eigenvalue weighted by atomic mass is 10.1. The summed E-state index contributed by atoms with van der Waals surface area (Å²) in [6, 6.07) is 2.30. The van der Waals surface area contributed by atoms with Gasteiger partial charge in [0.05, 0.1) is 12.0 Å². The summed E-state index contributed by atoms with van der Waals surface area (Å²) in [6.07, 6.45) is 0. The quantitative estimate of drug-likeness (QED) is 0.641. The van der Waals surface area contributed by atoms with Gasteiger partial charge in [0.25, 0.3) is 0 Å². The van der Waals surface area contributed by atoms with Crippen molar-refractivity contribution in [1.82, 2.24) is 9.80 Å². The van der Waals surface area contributed by atoms with Crippen LogP contribution in [0.5, 0.6) is 0 Å². The average molecular weight is 211 g/mol. The molecule has 0 bridgehead atoms. The number of nitrogens with zero attached hydrogens (tertiary/aromatic N) is 3. The summed E-state index contributed by atoms with van der Waals surface area (Å²) in [5.74, 6) is 0.795. The molecular weight excluding hydrogens is 186 g/mol. The van der Waals surface area contributed by atoms with Gasteiger partial charge >= 0.3 is 0 Å². The van der Waals surface area contributed by atoms with E-state index in [-0.39, 0.29) is 5.92 Å². The SMILES string of the molecule is CC(C)CN(CCN(C)C)CC(C)C#N. The van der Waals surface area contributed by atoms with Gasteiger partial charge < -0.3 is 9.80 Å². The summed E-state index contributed by atoms with van der Waals surface area (Å²) in [4.78, 5) is 4.57. The number of rotatable bonds is 7. The Balaban J connectivity index is 4.01. The lowest BCUT2D eigenvalue weighted by Gasteiger charge is -2.26. The number of hydrogen-bond acceptors (Lipinski definition) is 3. The Kier molecular flexibility index (Phi) is 7.37. The van der Waals surface area contributed by atoms with Gasteiger partial charge in [-0.3, -0.25) is 0 Å². The standard InChI is InChI=1S/C12H25N3/c1-11(2)9-15(7-6-14(4)5)10-12(3)8-13/h11-12H,6-7,9-10H2,1-5H3. The van der Waals surface area contributed by atoms with Crippen molar-refractivity contribution in [2.45, 2.75) is 20.8 Å². The van der Waals surface area contributed by atoms with Crippen LogP contribution in [0.25, 0.3) is 0 Å². The molecular formula is C12H25N3.